The molecule has 0 aliphatic carbocycles. The van der Waals surface area contributed by atoms with Crippen molar-refractivity contribution in [2.75, 3.05) is 13.2 Å². The molecule has 0 bridgehead atoms. The maximum atomic E-state index is 11.5. The Labute approximate surface area is 152 Å². The van der Waals surface area contributed by atoms with E-state index in [9.17, 15) is 14.4 Å². The Bertz CT molecular complexity index is 310. The van der Waals surface area contributed by atoms with Gasteiger partial charge in [0.2, 0.25) is 0 Å². The summed E-state index contributed by atoms with van der Waals surface area (Å²) in [5, 5.41) is 0. The Kier molecular flexibility index (Phi) is 16.3. The Morgan fingerprint density at radius 3 is 1.45 bits per heavy atom. The predicted molar refractivity (Wildman–Crippen MR) is 82.3 cm³/mol. The van der Waals surface area contributed by atoms with Gasteiger partial charge >= 0.3 is 17.9 Å². The summed E-state index contributed by atoms with van der Waals surface area (Å²) in [6, 6.07) is 0. The van der Waals surface area contributed by atoms with Gasteiger partial charge < -0.3 is 14.2 Å². The van der Waals surface area contributed by atoms with Gasteiger partial charge in [-0.1, -0.05) is 20.8 Å². The van der Waals surface area contributed by atoms with Crippen LogP contribution in [0.1, 0.15) is 59.3 Å². The van der Waals surface area contributed by atoms with Crippen LogP contribution < -0.4 is 0 Å². The van der Waals surface area contributed by atoms with Gasteiger partial charge in [-0.05, 0) is 19.3 Å². The maximum absolute atomic E-state index is 11.5. The largest absolute Gasteiger partial charge is 0.462 e. The van der Waals surface area contributed by atoms with E-state index >= 15 is 0 Å². The quantitative estimate of drug-likeness (QED) is 0.241. The zero-order chi connectivity index (χ0) is 16.1. The van der Waals surface area contributed by atoms with Gasteiger partial charge in [0.25, 0.3) is 0 Å². The number of carbonyl (C=O) groups excluding carboxylic acids is 3. The number of hydrogen-bond donors (Lipinski definition) is 0. The first-order valence-electron chi connectivity index (χ1n) is 7.54. The van der Waals surface area contributed by atoms with E-state index in [-0.39, 0.29) is 64.8 Å². The standard InChI is InChI=1S/C15H26O6.Pb/c1-4-7-13(16)19-10-12(21-15(18)9-6-3)11-20-14(17)8-5-2;/h12H,4-11H2,1-3H3;. The minimum Gasteiger partial charge on any atom is -0.462 e. The molecule has 0 rings (SSSR count). The van der Waals surface area contributed by atoms with Gasteiger partial charge in [-0.3, -0.25) is 14.4 Å². The van der Waals surface area contributed by atoms with Crippen LogP contribution in [0, 0.1) is 0 Å². The molecule has 0 aliphatic heterocycles. The normalized spacial score (nSPS) is 9.82. The molecule has 0 aromatic heterocycles. The van der Waals surface area contributed by atoms with E-state index in [0.29, 0.717) is 32.1 Å². The molecule has 0 saturated heterocycles. The zero-order valence-electron chi connectivity index (χ0n) is 13.7. The van der Waals surface area contributed by atoms with Crippen molar-refractivity contribution in [2.45, 2.75) is 65.4 Å². The van der Waals surface area contributed by atoms with Crippen LogP contribution >= 0.6 is 0 Å². The van der Waals surface area contributed by atoms with E-state index in [4.69, 9.17) is 14.2 Å². The van der Waals surface area contributed by atoms with Gasteiger partial charge in [0, 0.05) is 46.6 Å². The van der Waals surface area contributed by atoms with Crippen LogP contribution in [0.25, 0.3) is 0 Å². The number of esters is 3. The summed E-state index contributed by atoms with van der Waals surface area (Å²) in [7, 11) is 0. The molecule has 22 heavy (non-hydrogen) atoms. The predicted octanol–water partition coefficient (Wildman–Crippen LogP) is 2.00. The molecule has 0 N–H and O–H groups in total. The van der Waals surface area contributed by atoms with E-state index in [1.54, 1.807) is 0 Å². The van der Waals surface area contributed by atoms with Crippen molar-refractivity contribution in [1.82, 2.24) is 0 Å². The fraction of sp³-hybridized carbons (Fsp3) is 0.800. The zero-order valence-corrected chi connectivity index (χ0v) is 17.6. The molecule has 0 unspecified atom stereocenters. The van der Waals surface area contributed by atoms with Gasteiger partial charge in [-0.15, -0.1) is 0 Å². The van der Waals surface area contributed by atoms with E-state index in [1.165, 1.54) is 0 Å². The van der Waals surface area contributed by atoms with Gasteiger partial charge in [-0.2, -0.15) is 0 Å². The van der Waals surface area contributed by atoms with Crippen LogP contribution in [0.5, 0.6) is 0 Å². The topological polar surface area (TPSA) is 78.9 Å². The minimum atomic E-state index is -0.745. The Morgan fingerprint density at radius 2 is 1.09 bits per heavy atom. The van der Waals surface area contributed by atoms with E-state index in [2.05, 4.69) is 0 Å². The molecule has 0 atom stereocenters. The average molecular weight is 510 g/mol. The van der Waals surface area contributed by atoms with Crippen LogP contribution in [0.4, 0.5) is 0 Å². The van der Waals surface area contributed by atoms with Crippen LogP contribution in [-0.2, 0) is 28.6 Å². The molecule has 0 fully saturated rings. The molecule has 126 valence electrons. The molecule has 0 spiro atoms. The van der Waals surface area contributed by atoms with Crippen molar-refractivity contribution in [3.8, 4) is 0 Å². The third-order valence-corrected chi connectivity index (χ3v) is 2.52. The summed E-state index contributed by atoms with van der Waals surface area (Å²) < 4.78 is 15.2. The van der Waals surface area contributed by atoms with E-state index < -0.39 is 6.10 Å². The number of carbonyl (C=O) groups is 3. The SMILES string of the molecule is CCCC(=O)OCC(COC(=O)CCC)OC(=O)CCC.[Pb]. The average Bonchev–Trinajstić information content (AvgIpc) is 2.42. The summed E-state index contributed by atoms with van der Waals surface area (Å²) in [5.41, 5.74) is 0. The third kappa shape index (κ3) is 13.0. The molecule has 0 heterocycles. The van der Waals surface area contributed by atoms with Gasteiger partial charge in [0.05, 0.1) is 0 Å². The fourth-order valence-electron chi connectivity index (χ4n) is 1.49. The molecule has 0 amide bonds. The van der Waals surface area contributed by atoms with Crippen molar-refractivity contribution in [2.24, 2.45) is 0 Å². The Morgan fingerprint density at radius 1 is 0.727 bits per heavy atom. The molecular weight excluding hydrogens is 483 g/mol. The van der Waals surface area contributed by atoms with Crippen molar-refractivity contribution in [1.29, 1.82) is 0 Å². The summed E-state index contributed by atoms with van der Waals surface area (Å²) in [6.45, 7) is 5.42. The first kappa shape index (κ1) is 23.6. The second-order valence-corrected chi connectivity index (χ2v) is 4.73. The first-order chi connectivity index (χ1) is 10.0. The molecule has 0 saturated carbocycles. The van der Waals surface area contributed by atoms with E-state index in [1.807, 2.05) is 20.8 Å². The monoisotopic (exact) mass is 510 g/mol. The van der Waals surface area contributed by atoms with Crippen molar-refractivity contribution < 1.29 is 28.6 Å². The number of rotatable bonds is 11. The molecule has 4 radical (unpaired) electrons. The van der Waals surface area contributed by atoms with Gasteiger partial charge in [-0.25, -0.2) is 0 Å². The van der Waals surface area contributed by atoms with Gasteiger partial charge in [0.15, 0.2) is 6.10 Å². The van der Waals surface area contributed by atoms with Gasteiger partial charge in [0.1, 0.15) is 13.2 Å². The summed E-state index contributed by atoms with van der Waals surface area (Å²) >= 11 is 0. The maximum Gasteiger partial charge on any atom is 0.306 e. The molecule has 0 aromatic carbocycles. The smallest absolute Gasteiger partial charge is 0.306 e. The number of ether oxygens (including phenoxy) is 3. The number of hydrogen-bond acceptors (Lipinski definition) is 6. The third-order valence-electron chi connectivity index (χ3n) is 2.52. The molecule has 0 aromatic rings. The molecule has 7 heteroatoms. The molecular formula is C15H26O6Pb. The molecule has 0 aliphatic rings. The van der Waals surface area contributed by atoms with Crippen molar-refractivity contribution in [3.63, 3.8) is 0 Å². The second-order valence-electron chi connectivity index (χ2n) is 4.73. The van der Waals surface area contributed by atoms with Crippen molar-refractivity contribution in [3.05, 3.63) is 0 Å². The molecule has 6 nitrogen and oxygen atoms in total. The summed E-state index contributed by atoms with van der Waals surface area (Å²) in [6.07, 6.45) is 2.19. The minimum absolute atomic E-state index is 0. The van der Waals surface area contributed by atoms with Crippen LogP contribution in [0.15, 0.2) is 0 Å². The Hall–Kier alpha value is -0.668. The fourth-order valence-corrected chi connectivity index (χ4v) is 1.49. The summed E-state index contributed by atoms with van der Waals surface area (Å²) in [5.74, 6) is -1.09. The van der Waals surface area contributed by atoms with E-state index in [0.717, 1.165) is 0 Å². The first-order valence-corrected chi connectivity index (χ1v) is 7.54. The van der Waals surface area contributed by atoms with Crippen LogP contribution in [0.2, 0.25) is 0 Å². The van der Waals surface area contributed by atoms with Crippen LogP contribution in [-0.4, -0.2) is 64.5 Å². The Balaban J connectivity index is 0. The van der Waals surface area contributed by atoms with Crippen molar-refractivity contribution >= 4 is 45.2 Å². The second kappa shape index (κ2) is 15.2. The van der Waals surface area contributed by atoms with Crippen LogP contribution in [0.3, 0.4) is 0 Å². The summed E-state index contributed by atoms with van der Waals surface area (Å²) in [4.78, 5) is 34.1.